The molecule has 0 fully saturated rings. The molecule has 0 amide bonds. The zero-order valence-electron chi connectivity index (χ0n) is 26.8. The van der Waals surface area contributed by atoms with E-state index in [1.165, 1.54) is 0 Å². The Kier molecular flexibility index (Phi) is 12.5. The van der Waals surface area contributed by atoms with Crippen LogP contribution in [0.1, 0.15) is 70.9 Å². The first kappa shape index (κ1) is 46.8. The molecule has 52 heavy (non-hydrogen) atoms. The number of halogens is 19. The van der Waals surface area contributed by atoms with E-state index < -0.39 is 113 Å². The van der Waals surface area contributed by atoms with Crippen LogP contribution in [0.2, 0.25) is 0 Å². The molecule has 0 heterocycles. The number of aliphatic hydroxyl groups is 1. The van der Waals surface area contributed by atoms with Crippen molar-refractivity contribution >= 4 is 11.9 Å². The number of rotatable bonds is 11. The third kappa shape index (κ3) is 8.29. The summed E-state index contributed by atoms with van der Waals surface area (Å²) in [7, 11) is 0. The van der Waals surface area contributed by atoms with Crippen LogP contribution in [0.3, 0.4) is 0 Å². The summed E-state index contributed by atoms with van der Waals surface area (Å²) in [6, 6.07) is -0.455. The van der Waals surface area contributed by atoms with E-state index in [4.69, 9.17) is 0 Å². The van der Waals surface area contributed by atoms with Crippen LogP contribution in [0.4, 0.5) is 83.4 Å². The SMILES string of the molecule is CCC(C(=O)OC(C)(C)C)(C(F)(F)F)C(F)(F)C(CC(C)c1ccc(C(O)(C(F)(F)F)C(F)(F)F)cc1)(OC(=O)CC(F)(F)C(F)(F)F)C(F)(F)F. The van der Waals surface area contributed by atoms with Crippen molar-refractivity contribution in [1.82, 2.24) is 0 Å². The van der Waals surface area contributed by atoms with E-state index in [-0.39, 0.29) is 31.2 Å². The normalized spacial score (nSPS) is 17.6. The van der Waals surface area contributed by atoms with Gasteiger partial charge < -0.3 is 14.6 Å². The highest BCUT2D eigenvalue weighted by Crippen LogP contribution is 2.63. The monoisotopic (exact) mass is 804 g/mol. The minimum atomic E-state index is -7.17. The van der Waals surface area contributed by atoms with E-state index in [1.54, 1.807) is 0 Å². The number of benzene rings is 1. The summed E-state index contributed by atoms with van der Waals surface area (Å²) in [6.07, 6.45) is -42.7. The van der Waals surface area contributed by atoms with Crippen LogP contribution in [0.25, 0.3) is 0 Å². The number of carbonyl (C=O) groups excluding carboxylic acids is 2. The van der Waals surface area contributed by atoms with E-state index in [0.717, 1.165) is 20.8 Å². The first-order valence-electron chi connectivity index (χ1n) is 14.0. The van der Waals surface area contributed by atoms with E-state index >= 15 is 8.78 Å². The van der Waals surface area contributed by atoms with Gasteiger partial charge in [-0.2, -0.15) is 74.6 Å². The minimum absolute atomic E-state index is 0.0199. The molecule has 0 aliphatic rings. The van der Waals surface area contributed by atoms with Gasteiger partial charge in [-0.05, 0) is 38.7 Å². The van der Waals surface area contributed by atoms with E-state index in [1.807, 2.05) is 0 Å². The second-order valence-corrected chi connectivity index (χ2v) is 12.4. The molecule has 0 aromatic heterocycles. The fourth-order valence-electron chi connectivity index (χ4n) is 4.89. The number of hydrogen-bond donors (Lipinski definition) is 1. The first-order valence-corrected chi connectivity index (χ1v) is 14.0. The molecule has 1 rings (SSSR count). The zero-order valence-corrected chi connectivity index (χ0v) is 26.8. The fraction of sp³-hybridized carbons (Fsp3) is 0.714. The summed E-state index contributed by atoms with van der Waals surface area (Å²) in [6.45, 7) is 2.61. The lowest BCUT2D eigenvalue weighted by atomic mass is 9.67. The summed E-state index contributed by atoms with van der Waals surface area (Å²) in [5, 5.41) is 9.51. The lowest BCUT2D eigenvalue weighted by Gasteiger charge is -2.49. The molecule has 1 aromatic rings. The van der Waals surface area contributed by atoms with Crippen molar-refractivity contribution in [3.05, 3.63) is 35.4 Å². The second-order valence-electron chi connectivity index (χ2n) is 12.4. The molecule has 3 unspecified atom stereocenters. The number of ether oxygens (including phenoxy) is 2. The predicted molar refractivity (Wildman–Crippen MR) is 136 cm³/mol. The quantitative estimate of drug-likeness (QED) is 0.178. The average molecular weight is 804 g/mol. The van der Waals surface area contributed by atoms with Gasteiger partial charge in [0.15, 0.2) is 0 Å². The summed E-state index contributed by atoms with van der Waals surface area (Å²) >= 11 is 0. The third-order valence-electron chi connectivity index (χ3n) is 7.64. The number of carbonyl (C=O) groups is 2. The van der Waals surface area contributed by atoms with Crippen LogP contribution in [-0.2, 0) is 24.7 Å². The maximum atomic E-state index is 16.6. The molecule has 302 valence electrons. The Labute approximate surface area is 280 Å². The van der Waals surface area contributed by atoms with Gasteiger partial charge in [0.05, 0.1) is 0 Å². The van der Waals surface area contributed by atoms with Crippen LogP contribution < -0.4 is 0 Å². The van der Waals surface area contributed by atoms with Crippen molar-refractivity contribution in [3.63, 3.8) is 0 Å². The minimum Gasteiger partial charge on any atom is -0.459 e. The molecule has 5 nitrogen and oxygen atoms in total. The van der Waals surface area contributed by atoms with Crippen molar-refractivity contribution in [1.29, 1.82) is 0 Å². The van der Waals surface area contributed by atoms with Gasteiger partial charge in [0.25, 0.3) is 11.2 Å². The maximum Gasteiger partial charge on any atom is 0.453 e. The molecular weight excluding hydrogens is 777 g/mol. The molecule has 0 bridgehead atoms. The van der Waals surface area contributed by atoms with Gasteiger partial charge >= 0.3 is 54.7 Å². The molecule has 1 aromatic carbocycles. The Hall–Kier alpha value is -3.21. The summed E-state index contributed by atoms with van der Waals surface area (Å²) in [5.41, 5.74) is -23.0. The highest BCUT2D eigenvalue weighted by molar-refractivity contribution is 5.80. The average Bonchev–Trinajstić information content (AvgIpc) is 2.87. The molecule has 3 atom stereocenters. The van der Waals surface area contributed by atoms with Crippen molar-refractivity contribution < 1.29 is 108 Å². The lowest BCUT2D eigenvalue weighted by molar-refractivity contribution is -0.394. The van der Waals surface area contributed by atoms with Crippen LogP contribution in [0.15, 0.2) is 24.3 Å². The fourth-order valence-corrected chi connectivity index (χ4v) is 4.89. The third-order valence-corrected chi connectivity index (χ3v) is 7.64. The molecule has 0 spiro atoms. The highest BCUT2D eigenvalue weighted by atomic mass is 19.4. The molecular formula is C28H27F19O5. The van der Waals surface area contributed by atoms with Crippen LogP contribution >= 0.6 is 0 Å². The van der Waals surface area contributed by atoms with Gasteiger partial charge in [0.1, 0.15) is 12.0 Å². The van der Waals surface area contributed by atoms with Crippen LogP contribution in [0.5, 0.6) is 0 Å². The molecule has 0 aliphatic carbocycles. The molecule has 0 radical (unpaired) electrons. The van der Waals surface area contributed by atoms with Crippen LogP contribution in [-0.4, -0.2) is 71.0 Å². The second kappa shape index (κ2) is 13.9. The van der Waals surface area contributed by atoms with E-state index in [9.17, 15) is 89.3 Å². The summed E-state index contributed by atoms with van der Waals surface area (Å²) in [4.78, 5) is 25.1. The topological polar surface area (TPSA) is 72.8 Å². The summed E-state index contributed by atoms with van der Waals surface area (Å²) < 4.78 is 275. The molecule has 0 aliphatic heterocycles. The molecule has 0 saturated carbocycles. The van der Waals surface area contributed by atoms with Crippen molar-refractivity contribution in [3.8, 4) is 0 Å². The van der Waals surface area contributed by atoms with Crippen molar-refractivity contribution in [2.45, 2.75) is 119 Å². The van der Waals surface area contributed by atoms with Gasteiger partial charge in [-0.15, -0.1) is 0 Å². The number of hydrogen-bond acceptors (Lipinski definition) is 5. The van der Waals surface area contributed by atoms with E-state index in [0.29, 0.717) is 6.92 Å². The van der Waals surface area contributed by atoms with Gasteiger partial charge in [-0.3, -0.25) is 9.59 Å². The Morgan fingerprint density at radius 3 is 1.38 bits per heavy atom. The Morgan fingerprint density at radius 1 is 0.654 bits per heavy atom. The van der Waals surface area contributed by atoms with Gasteiger partial charge in [-0.1, -0.05) is 38.1 Å². The largest absolute Gasteiger partial charge is 0.459 e. The Bertz CT molecular complexity index is 1400. The first-order chi connectivity index (χ1) is 22.6. The van der Waals surface area contributed by atoms with Gasteiger partial charge in [-0.25, -0.2) is 8.78 Å². The molecule has 24 heteroatoms. The number of alkyl halides is 19. The standard InChI is InChI=1S/C28H27F19O5/c1-6-19(24(33,34)35,17(49)52-18(3,4)5)23(31,32)20(25(36,37)38,51-16(48)12-21(29,30)26(39,40)41)11-13(2)14-7-9-15(10-8-14)22(50,27(42,43)44)28(45,46)47/h7-10,13,50H,6,11-12H2,1-5H3. The van der Waals surface area contributed by atoms with Gasteiger partial charge in [0, 0.05) is 12.0 Å². The molecule has 0 saturated heterocycles. The zero-order chi connectivity index (χ0) is 41.8. The lowest BCUT2D eigenvalue weighted by Crippen LogP contribution is -2.73. The summed E-state index contributed by atoms with van der Waals surface area (Å²) in [5.74, 6) is -22.7. The van der Waals surface area contributed by atoms with Crippen molar-refractivity contribution in [2.75, 3.05) is 0 Å². The molecule has 1 N–H and O–H groups in total. The smallest absolute Gasteiger partial charge is 0.453 e. The predicted octanol–water partition coefficient (Wildman–Crippen LogP) is 9.86. The van der Waals surface area contributed by atoms with Gasteiger partial charge in [0.2, 0.25) is 5.41 Å². The maximum absolute atomic E-state index is 16.6. The Balaban J connectivity index is 4.26. The Morgan fingerprint density at radius 2 is 1.08 bits per heavy atom. The van der Waals surface area contributed by atoms with Crippen LogP contribution in [0, 0.1) is 5.41 Å². The van der Waals surface area contributed by atoms with E-state index in [2.05, 4.69) is 9.47 Å². The van der Waals surface area contributed by atoms with Crippen molar-refractivity contribution in [2.24, 2.45) is 5.41 Å². The highest BCUT2D eigenvalue weighted by Gasteiger charge is 2.87. The number of esters is 2.